The Labute approximate surface area is 119 Å². The van der Waals surface area contributed by atoms with Crippen LogP contribution >= 0.6 is 0 Å². The molecule has 0 aliphatic rings. The fourth-order valence-corrected chi connectivity index (χ4v) is 1.44. The summed E-state index contributed by atoms with van der Waals surface area (Å²) in [5.74, 6) is -0.292. The Morgan fingerprint density at radius 3 is 2.20 bits per heavy atom. The Morgan fingerprint density at radius 1 is 1.15 bits per heavy atom. The van der Waals surface area contributed by atoms with Crippen molar-refractivity contribution in [1.82, 2.24) is 5.32 Å². The molecule has 5 heteroatoms. The Morgan fingerprint density at radius 2 is 1.70 bits per heavy atom. The lowest BCUT2D eigenvalue weighted by Gasteiger charge is -2.21. The number of alkyl carbamates (subject to hydrolysis) is 1. The standard InChI is InChI=1S/C15H22N2O3/c1-10-6-8-12(9-7-10)17-13(18)11(2)16-14(19)20-15(3,4)5/h6-9,11H,1-5H3,(H,16,19)(H,17,18). The van der Waals surface area contributed by atoms with Crippen LogP contribution in [0, 0.1) is 6.92 Å². The van der Waals surface area contributed by atoms with Gasteiger partial charge in [-0.15, -0.1) is 0 Å². The summed E-state index contributed by atoms with van der Waals surface area (Å²) in [7, 11) is 0. The highest BCUT2D eigenvalue weighted by molar-refractivity contribution is 5.96. The first-order chi connectivity index (χ1) is 9.17. The molecule has 0 saturated carbocycles. The smallest absolute Gasteiger partial charge is 0.408 e. The summed E-state index contributed by atoms with van der Waals surface area (Å²) in [6, 6.07) is 6.76. The van der Waals surface area contributed by atoms with E-state index in [0.29, 0.717) is 5.69 Å². The second-order valence-electron chi connectivity index (χ2n) is 5.72. The maximum atomic E-state index is 11.9. The molecule has 1 rings (SSSR count). The first kappa shape index (κ1) is 16.0. The van der Waals surface area contributed by atoms with E-state index in [2.05, 4.69) is 10.6 Å². The second-order valence-corrected chi connectivity index (χ2v) is 5.72. The molecule has 110 valence electrons. The van der Waals surface area contributed by atoms with Crippen molar-refractivity contribution in [3.63, 3.8) is 0 Å². The predicted molar refractivity (Wildman–Crippen MR) is 78.6 cm³/mol. The number of hydrogen-bond donors (Lipinski definition) is 2. The SMILES string of the molecule is Cc1ccc(NC(=O)C(C)NC(=O)OC(C)(C)C)cc1. The summed E-state index contributed by atoms with van der Waals surface area (Å²) in [6.45, 7) is 8.88. The van der Waals surface area contributed by atoms with Crippen LogP contribution in [0.2, 0.25) is 0 Å². The second kappa shape index (κ2) is 6.41. The number of amides is 2. The van der Waals surface area contributed by atoms with Crippen LogP contribution in [-0.4, -0.2) is 23.6 Å². The van der Waals surface area contributed by atoms with Crippen LogP contribution in [0.25, 0.3) is 0 Å². The van der Waals surface area contributed by atoms with E-state index in [1.165, 1.54) is 0 Å². The van der Waals surface area contributed by atoms with Crippen molar-refractivity contribution in [3.8, 4) is 0 Å². The molecular formula is C15H22N2O3. The molecule has 1 aromatic carbocycles. The third-order valence-corrected chi connectivity index (χ3v) is 2.45. The number of hydrogen-bond acceptors (Lipinski definition) is 3. The van der Waals surface area contributed by atoms with Gasteiger partial charge in [0.2, 0.25) is 5.91 Å². The maximum Gasteiger partial charge on any atom is 0.408 e. The van der Waals surface area contributed by atoms with Gasteiger partial charge in [0.15, 0.2) is 0 Å². The van der Waals surface area contributed by atoms with Crippen molar-refractivity contribution in [2.24, 2.45) is 0 Å². The Bertz CT molecular complexity index is 475. The minimum atomic E-state index is -0.675. The molecule has 5 nitrogen and oxygen atoms in total. The van der Waals surface area contributed by atoms with Crippen LogP contribution in [0.15, 0.2) is 24.3 Å². The first-order valence-corrected chi connectivity index (χ1v) is 6.54. The van der Waals surface area contributed by atoms with Crippen molar-refractivity contribution in [3.05, 3.63) is 29.8 Å². The fraction of sp³-hybridized carbons (Fsp3) is 0.467. The molecule has 2 amide bonds. The van der Waals surface area contributed by atoms with Gasteiger partial charge < -0.3 is 15.4 Å². The van der Waals surface area contributed by atoms with Crippen LogP contribution in [0.3, 0.4) is 0 Å². The lowest BCUT2D eigenvalue weighted by atomic mass is 10.2. The minimum Gasteiger partial charge on any atom is -0.444 e. The quantitative estimate of drug-likeness (QED) is 0.893. The van der Waals surface area contributed by atoms with E-state index in [1.807, 2.05) is 31.2 Å². The van der Waals surface area contributed by atoms with E-state index in [-0.39, 0.29) is 5.91 Å². The summed E-state index contributed by atoms with van der Waals surface area (Å²) in [5.41, 5.74) is 1.22. The third-order valence-electron chi connectivity index (χ3n) is 2.45. The third kappa shape index (κ3) is 5.73. The number of benzene rings is 1. The number of carbonyl (C=O) groups excluding carboxylic acids is 2. The van der Waals surface area contributed by atoms with Gasteiger partial charge in [-0.25, -0.2) is 4.79 Å². The van der Waals surface area contributed by atoms with Crippen LogP contribution in [0.5, 0.6) is 0 Å². The molecule has 0 radical (unpaired) electrons. The van der Waals surface area contributed by atoms with E-state index < -0.39 is 17.7 Å². The molecule has 0 heterocycles. The number of aryl methyl sites for hydroxylation is 1. The number of carbonyl (C=O) groups is 2. The minimum absolute atomic E-state index is 0.292. The molecule has 0 aliphatic heterocycles. The van der Waals surface area contributed by atoms with Crippen molar-refractivity contribution in [1.29, 1.82) is 0 Å². The molecule has 0 aliphatic carbocycles. The maximum absolute atomic E-state index is 11.9. The highest BCUT2D eigenvalue weighted by atomic mass is 16.6. The fourth-order valence-electron chi connectivity index (χ4n) is 1.44. The summed E-state index contributed by atoms with van der Waals surface area (Å²) in [6.07, 6.45) is -0.607. The largest absolute Gasteiger partial charge is 0.444 e. The molecule has 0 saturated heterocycles. The van der Waals surface area contributed by atoms with Crippen LogP contribution in [0.1, 0.15) is 33.3 Å². The Balaban J connectivity index is 2.51. The molecule has 0 fully saturated rings. The van der Waals surface area contributed by atoms with Gasteiger partial charge in [0, 0.05) is 5.69 Å². The van der Waals surface area contributed by atoms with Gasteiger partial charge in [-0.3, -0.25) is 4.79 Å². The van der Waals surface area contributed by atoms with Crippen molar-refractivity contribution < 1.29 is 14.3 Å². The topological polar surface area (TPSA) is 67.4 Å². The van der Waals surface area contributed by atoms with Gasteiger partial charge in [0.05, 0.1) is 0 Å². The zero-order valence-electron chi connectivity index (χ0n) is 12.6. The molecule has 1 unspecified atom stereocenters. The molecular weight excluding hydrogens is 256 g/mol. The predicted octanol–water partition coefficient (Wildman–Crippen LogP) is 2.85. The van der Waals surface area contributed by atoms with Crippen molar-refractivity contribution in [2.45, 2.75) is 46.3 Å². The zero-order chi connectivity index (χ0) is 15.3. The van der Waals surface area contributed by atoms with E-state index >= 15 is 0 Å². The van der Waals surface area contributed by atoms with E-state index in [1.54, 1.807) is 27.7 Å². The average molecular weight is 278 g/mol. The molecule has 0 bridgehead atoms. The first-order valence-electron chi connectivity index (χ1n) is 6.54. The van der Waals surface area contributed by atoms with Gasteiger partial charge in [-0.1, -0.05) is 17.7 Å². The Kier molecular flexibility index (Phi) is 5.13. The molecule has 20 heavy (non-hydrogen) atoms. The monoisotopic (exact) mass is 278 g/mol. The Hall–Kier alpha value is -2.04. The number of nitrogens with one attached hydrogen (secondary N) is 2. The number of rotatable bonds is 3. The van der Waals surface area contributed by atoms with Gasteiger partial charge >= 0.3 is 6.09 Å². The molecule has 0 spiro atoms. The van der Waals surface area contributed by atoms with Gasteiger partial charge in [-0.2, -0.15) is 0 Å². The van der Waals surface area contributed by atoms with Crippen molar-refractivity contribution in [2.75, 3.05) is 5.32 Å². The van der Waals surface area contributed by atoms with Gasteiger partial charge in [0.1, 0.15) is 11.6 Å². The molecule has 2 N–H and O–H groups in total. The lowest BCUT2D eigenvalue weighted by molar-refractivity contribution is -0.117. The molecule has 1 aromatic rings. The summed E-state index contributed by atoms with van der Waals surface area (Å²) in [5, 5.41) is 5.22. The van der Waals surface area contributed by atoms with Crippen LogP contribution < -0.4 is 10.6 Å². The van der Waals surface area contributed by atoms with Gasteiger partial charge in [-0.05, 0) is 46.8 Å². The number of anilines is 1. The average Bonchev–Trinajstić information content (AvgIpc) is 2.29. The summed E-state index contributed by atoms with van der Waals surface area (Å²) in [4.78, 5) is 23.5. The van der Waals surface area contributed by atoms with E-state index in [0.717, 1.165) is 5.56 Å². The van der Waals surface area contributed by atoms with Crippen molar-refractivity contribution >= 4 is 17.7 Å². The normalized spacial score (nSPS) is 12.4. The zero-order valence-corrected chi connectivity index (χ0v) is 12.6. The lowest BCUT2D eigenvalue weighted by Crippen LogP contribution is -2.43. The van der Waals surface area contributed by atoms with Crippen LogP contribution in [0.4, 0.5) is 10.5 Å². The van der Waals surface area contributed by atoms with E-state index in [4.69, 9.17) is 4.74 Å². The molecule has 0 aromatic heterocycles. The highest BCUT2D eigenvalue weighted by Crippen LogP contribution is 2.09. The van der Waals surface area contributed by atoms with Gasteiger partial charge in [0.25, 0.3) is 0 Å². The van der Waals surface area contributed by atoms with E-state index in [9.17, 15) is 9.59 Å². The summed E-state index contributed by atoms with van der Waals surface area (Å²) >= 11 is 0. The summed E-state index contributed by atoms with van der Waals surface area (Å²) < 4.78 is 5.09. The highest BCUT2D eigenvalue weighted by Gasteiger charge is 2.20. The number of ether oxygens (including phenoxy) is 1. The molecule has 1 atom stereocenters. The van der Waals surface area contributed by atoms with Crippen LogP contribution in [-0.2, 0) is 9.53 Å².